The molecule has 7 nitrogen and oxygen atoms in total. The van der Waals surface area contributed by atoms with Gasteiger partial charge in [0.1, 0.15) is 5.01 Å². The number of hydrogen-bond donors (Lipinski definition) is 2. The maximum absolute atomic E-state index is 13.2. The summed E-state index contributed by atoms with van der Waals surface area (Å²) in [5, 5.41) is 9.39. The predicted octanol–water partition coefficient (Wildman–Crippen LogP) is 3.40. The number of alkyl halides is 3. The van der Waals surface area contributed by atoms with Crippen molar-refractivity contribution in [1.29, 1.82) is 0 Å². The maximum atomic E-state index is 13.2. The van der Waals surface area contributed by atoms with E-state index in [1.807, 2.05) is 4.90 Å². The Balaban J connectivity index is 1.70. The Hall–Kier alpha value is -2.18. The lowest BCUT2D eigenvalue weighted by atomic mass is 9.76. The molecule has 1 aliphatic heterocycles. The fourth-order valence-electron chi connectivity index (χ4n) is 4.66. The summed E-state index contributed by atoms with van der Waals surface area (Å²) in [5.41, 5.74) is 7.40. The van der Waals surface area contributed by atoms with E-state index in [4.69, 9.17) is 5.73 Å². The largest absolute Gasteiger partial charge is 0.420 e. The number of thiazole rings is 1. The minimum atomic E-state index is -4.86. The van der Waals surface area contributed by atoms with Gasteiger partial charge < -0.3 is 15.7 Å². The lowest BCUT2D eigenvalue weighted by molar-refractivity contribution is -0.206. The third-order valence-electron chi connectivity index (χ3n) is 6.54. The number of aliphatic hydroxyl groups is 1. The number of benzene rings is 1. The molecule has 3 N–H and O–H groups in total. The van der Waals surface area contributed by atoms with Crippen molar-refractivity contribution >= 4 is 32.8 Å². The lowest BCUT2D eigenvalue weighted by Gasteiger charge is -2.29. The summed E-state index contributed by atoms with van der Waals surface area (Å²) in [7, 11) is -3.02. The predicted molar refractivity (Wildman–Crippen MR) is 123 cm³/mol. The van der Waals surface area contributed by atoms with Crippen molar-refractivity contribution in [2.45, 2.75) is 43.9 Å². The Kier molecular flexibility index (Phi) is 6.94. The molecule has 1 aromatic heterocycles. The van der Waals surface area contributed by atoms with Gasteiger partial charge in [0.05, 0.1) is 22.1 Å². The summed E-state index contributed by atoms with van der Waals surface area (Å²) in [6, 6.07) is 7.09. The molecule has 0 spiro atoms. The van der Waals surface area contributed by atoms with E-state index in [9.17, 15) is 31.5 Å². The van der Waals surface area contributed by atoms with Gasteiger partial charge in [-0.25, -0.2) is 13.4 Å². The second-order valence-electron chi connectivity index (χ2n) is 8.80. The van der Waals surface area contributed by atoms with E-state index in [2.05, 4.69) is 4.98 Å². The van der Waals surface area contributed by atoms with Gasteiger partial charge in [0, 0.05) is 30.6 Å². The summed E-state index contributed by atoms with van der Waals surface area (Å²) in [5.74, 6) is -1.30. The van der Waals surface area contributed by atoms with Crippen LogP contribution in [0.15, 0.2) is 24.3 Å². The number of carbonyl (C=O) groups is 1. The van der Waals surface area contributed by atoms with E-state index in [1.165, 1.54) is 0 Å². The Bertz CT molecular complexity index is 1140. The Labute approximate surface area is 199 Å². The molecule has 34 heavy (non-hydrogen) atoms. The van der Waals surface area contributed by atoms with Crippen LogP contribution in [-0.4, -0.2) is 55.2 Å². The molecule has 0 bridgehead atoms. The van der Waals surface area contributed by atoms with Gasteiger partial charge in [0.15, 0.2) is 9.84 Å². The van der Waals surface area contributed by atoms with Crippen LogP contribution in [0, 0.1) is 5.92 Å². The highest BCUT2D eigenvalue weighted by Gasteiger charge is 2.43. The van der Waals surface area contributed by atoms with Gasteiger partial charge in [-0.3, -0.25) is 4.79 Å². The zero-order valence-corrected chi connectivity index (χ0v) is 19.9. The molecule has 2 aliphatic rings. The summed E-state index contributed by atoms with van der Waals surface area (Å²) in [6.45, 7) is 0.746. The first-order valence-corrected chi connectivity index (χ1v) is 13.7. The van der Waals surface area contributed by atoms with Crippen LogP contribution in [0.2, 0.25) is 0 Å². The molecule has 12 heteroatoms. The Morgan fingerprint density at radius 3 is 2.35 bits per heavy atom. The van der Waals surface area contributed by atoms with Crippen LogP contribution in [0.3, 0.4) is 0 Å². The fourth-order valence-corrected chi connectivity index (χ4v) is 7.01. The first-order chi connectivity index (χ1) is 16.0. The van der Waals surface area contributed by atoms with E-state index in [0.29, 0.717) is 42.1 Å². The van der Waals surface area contributed by atoms with Crippen molar-refractivity contribution < 1.29 is 31.5 Å². The highest BCUT2D eigenvalue weighted by molar-refractivity contribution is 7.91. The molecular weight excluding hydrogens is 491 g/mol. The molecule has 2 fully saturated rings. The minimum Gasteiger partial charge on any atom is -0.377 e. The highest BCUT2D eigenvalue weighted by Crippen LogP contribution is 2.46. The molecule has 1 unspecified atom stereocenters. The third-order valence-corrected chi connectivity index (χ3v) is 9.32. The number of aromatic nitrogens is 1. The number of halogens is 3. The van der Waals surface area contributed by atoms with Gasteiger partial charge >= 0.3 is 6.18 Å². The van der Waals surface area contributed by atoms with Gasteiger partial charge in [-0.15, -0.1) is 11.3 Å². The summed E-state index contributed by atoms with van der Waals surface area (Å²) >= 11 is 0.770. The van der Waals surface area contributed by atoms with Crippen molar-refractivity contribution in [3.05, 3.63) is 35.0 Å². The van der Waals surface area contributed by atoms with E-state index in [0.717, 1.165) is 29.9 Å². The van der Waals surface area contributed by atoms with Crippen LogP contribution in [0.1, 0.15) is 48.4 Å². The van der Waals surface area contributed by atoms with Crippen molar-refractivity contribution in [2.24, 2.45) is 11.7 Å². The molecule has 4 rings (SSSR count). The van der Waals surface area contributed by atoms with Crippen LogP contribution in [0.5, 0.6) is 0 Å². The third kappa shape index (κ3) is 5.23. The van der Waals surface area contributed by atoms with Gasteiger partial charge in [0.2, 0.25) is 12.0 Å². The number of anilines is 1. The SMILES string of the molecule is NC(=O)[C@@H]1CCCC[C@H]1c1nc(C(O)C(F)(F)F)sc1-c1ccc(N2CCS(=O)(=O)CC2)cc1. The smallest absolute Gasteiger partial charge is 0.377 e. The van der Waals surface area contributed by atoms with Crippen LogP contribution < -0.4 is 10.6 Å². The van der Waals surface area contributed by atoms with Gasteiger partial charge in [0.25, 0.3) is 0 Å². The van der Waals surface area contributed by atoms with Crippen molar-refractivity contribution in [2.75, 3.05) is 29.5 Å². The number of aliphatic hydroxyl groups excluding tert-OH is 1. The van der Waals surface area contributed by atoms with E-state index in [-0.39, 0.29) is 11.5 Å². The molecule has 0 radical (unpaired) electrons. The summed E-state index contributed by atoms with van der Waals surface area (Å²) in [6.07, 6.45) is -4.84. The molecule has 1 aliphatic carbocycles. The van der Waals surface area contributed by atoms with Crippen LogP contribution in [-0.2, 0) is 14.6 Å². The van der Waals surface area contributed by atoms with Crippen LogP contribution >= 0.6 is 11.3 Å². The number of rotatable bonds is 5. The average Bonchev–Trinajstić information content (AvgIpc) is 3.23. The number of nitrogens with zero attached hydrogens (tertiary/aromatic N) is 2. The molecule has 2 aromatic rings. The maximum Gasteiger partial charge on any atom is 0.420 e. The Morgan fingerprint density at radius 1 is 1.15 bits per heavy atom. The number of amides is 1. The first-order valence-electron chi connectivity index (χ1n) is 11.1. The molecule has 1 saturated carbocycles. The van der Waals surface area contributed by atoms with Crippen molar-refractivity contribution in [1.82, 2.24) is 4.98 Å². The number of hydrogen-bond acceptors (Lipinski definition) is 7. The first kappa shape index (κ1) is 24.9. The molecule has 1 saturated heterocycles. The second kappa shape index (κ2) is 9.46. The van der Waals surface area contributed by atoms with Crippen LogP contribution in [0.4, 0.5) is 18.9 Å². The van der Waals surface area contributed by atoms with Gasteiger partial charge in [-0.1, -0.05) is 25.0 Å². The molecular formula is C22H26F3N3O4S2. The van der Waals surface area contributed by atoms with Gasteiger partial charge in [-0.2, -0.15) is 13.2 Å². The lowest BCUT2D eigenvalue weighted by Crippen LogP contribution is -2.40. The molecule has 2 heterocycles. The van der Waals surface area contributed by atoms with Crippen molar-refractivity contribution in [3.63, 3.8) is 0 Å². The summed E-state index contributed by atoms with van der Waals surface area (Å²) < 4.78 is 63.1. The minimum absolute atomic E-state index is 0.0720. The van der Waals surface area contributed by atoms with E-state index < -0.39 is 44.9 Å². The summed E-state index contributed by atoms with van der Waals surface area (Å²) in [4.78, 5) is 18.7. The van der Waals surface area contributed by atoms with Crippen LogP contribution in [0.25, 0.3) is 10.4 Å². The molecule has 186 valence electrons. The normalized spacial score (nSPS) is 24.1. The number of primary amides is 1. The highest BCUT2D eigenvalue weighted by atomic mass is 32.2. The standard InChI is InChI=1S/C22H26F3N3O4S2/c23-22(24,25)19(29)21-27-17(15-3-1-2-4-16(15)20(26)30)18(33-21)13-5-7-14(8-6-13)28-9-11-34(31,32)12-10-28/h5-8,15-16,19,29H,1-4,9-12H2,(H2,26,30)/t15-,16-,19?/m1/s1. The van der Waals surface area contributed by atoms with Gasteiger partial charge in [-0.05, 0) is 30.5 Å². The zero-order chi connectivity index (χ0) is 24.7. The number of sulfone groups is 1. The topological polar surface area (TPSA) is 114 Å². The quantitative estimate of drug-likeness (QED) is 0.629. The molecule has 1 amide bonds. The monoisotopic (exact) mass is 517 g/mol. The zero-order valence-electron chi connectivity index (χ0n) is 18.3. The van der Waals surface area contributed by atoms with E-state index in [1.54, 1.807) is 24.3 Å². The molecule has 1 aromatic carbocycles. The number of nitrogens with two attached hydrogens (primary N) is 1. The van der Waals surface area contributed by atoms with E-state index >= 15 is 0 Å². The van der Waals surface area contributed by atoms with Crippen molar-refractivity contribution in [3.8, 4) is 10.4 Å². The average molecular weight is 518 g/mol. The molecule has 3 atom stereocenters. The number of carbonyl (C=O) groups excluding carboxylic acids is 1. The Morgan fingerprint density at radius 2 is 1.76 bits per heavy atom. The second-order valence-corrected chi connectivity index (χ2v) is 12.1. The fraction of sp³-hybridized carbons (Fsp3) is 0.545.